The molecule has 4 heteroatoms. The van der Waals surface area contributed by atoms with Gasteiger partial charge in [0.05, 0.1) is 18.2 Å². The van der Waals surface area contributed by atoms with Crippen LogP contribution in [0.1, 0.15) is 12.0 Å². The molecule has 14 heavy (non-hydrogen) atoms. The molecule has 0 radical (unpaired) electrons. The van der Waals surface area contributed by atoms with E-state index in [9.17, 15) is 0 Å². The zero-order valence-corrected chi connectivity index (χ0v) is 8.51. The molecule has 0 saturated heterocycles. The van der Waals surface area contributed by atoms with Crippen molar-refractivity contribution in [2.75, 3.05) is 13.2 Å². The molecule has 1 aliphatic heterocycles. The molecular weight excluding hydrogens is 202 g/mol. The monoisotopic (exact) mass is 213 g/mol. The largest absolute Gasteiger partial charge is 0.490 e. The first kappa shape index (κ1) is 9.62. The van der Waals surface area contributed by atoms with Crippen molar-refractivity contribution in [3.05, 3.63) is 22.7 Å². The highest BCUT2D eigenvalue weighted by molar-refractivity contribution is 6.33. The summed E-state index contributed by atoms with van der Waals surface area (Å²) in [6.45, 7) is 1.72. The summed E-state index contributed by atoms with van der Waals surface area (Å²) in [5.41, 5.74) is 6.43. The van der Waals surface area contributed by atoms with Crippen LogP contribution in [-0.4, -0.2) is 13.2 Å². The van der Waals surface area contributed by atoms with Crippen molar-refractivity contribution in [3.8, 4) is 11.5 Å². The Morgan fingerprint density at radius 3 is 2.86 bits per heavy atom. The summed E-state index contributed by atoms with van der Waals surface area (Å²) >= 11 is 6.11. The summed E-state index contributed by atoms with van der Waals surface area (Å²) in [5.74, 6) is 1.34. The number of rotatable bonds is 1. The first-order valence-corrected chi connectivity index (χ1v) is 4.98. The van der Waals surface area contributed by atoms with E-state index >= 15 is 0 Å². The van der Waals surface area contributed by atoms with Gasteiger partial charge in [-0.3, -0.25) is 0 Å². The van der Waals surface area contributed by atoms with Crippen molar-refractivity contribution < 1.29 is 9.47 Å². The van der Waals surface area contributed by atoms with Crippen molar-refractivity contribution in [2.24, 2.45) is 5.73 Å². The second-order valence-electron chi connectivity index (χ2n) is 3.12. The number of halogens is 1. The lowest BCUT2D eigenvalue weighted by Gasteiger charge is -2.11. The summed E-state index contributed by atoms with van der Waals surface area (Å²) in [6.07, 6.45) is 0.878. The van der Waals surface area contributed by atoms with Crippen molar-refractivity contribution in [1.29, 1.82) is 0 Å². The van der Waals surface area contributed by atoms with Crippen molar-refractivity contribution in [2.45, 2.75) is 13.0 Å². The van der Waals surface area contributed by atoms with Gasteiger partial charge in [0.25, 0.3) is 0 Å². The van der Waals surface area contributed by atoms with Crippen molar-refractivity contribution >= 4 is 11.6 Å². The van der Waals surface area contributed by atoms with Crippen LogP contribution in [0.2, 0.25) is 5.02 Å². The molecule has 0 aromatic heterocycles. The Hall–Kier alpha value is -0.930. The molecule has 1 aromatic rings. The normalized spacial score (nSPS) is 15.0. The number of hydrogen-bond acceptors (Lipinski definition) is 3. The van der Waals surface area contributed by atoms with Gasteiger partial charge < -0.3 is 15.2 Å². The van der Waals surface area contributed by atoms with Gasteiger partial charge in [0.1, 0.15) is 0 Å². The number of benzene rings is 1. The maximum Gasteiger partial charge on any atom is 0.180 e. The Morgan fingerprint density at radius 1 is 1.29 bits per heavy atom. The van der Waals surface area contributed by atoms with Crippen LogP contribution in [0.5, 0.6) is 11.5 Å². The minimum atomic E-state index is 0.412. The molecule has 1 heterocycles. The lowest BCUT2D eigenvalue weighted by Crippen LogP contribution is -2.00. The summed E-state index contributed by atoms with van der Waals surface area (Å²) < 4.78 is 11.0. The molecule has 2 N–H and O–H groups in total. The molecule has 1 aliphatic rings. The zero-order chi connectivity index (χ0) is 9.97. The highest BCUT2D eigenvalue weighted by Crippen LogP contribution is 2.38. The number of ether oxygens (including phenoxy) is 2. The molecule has 0 spiro atoms. The maximum atomic E-state index is 6.11. The van der Waals surface area contributed by atoms with E-state index in [-0.39, 0.29) is 0 Å². The minimum absolute atomic E-state index is 0.412. The van der Waals surface area contributed by atoms with E-state index in [1.54, 1.807) is 0 Å². The number of nitrogens with two attached hydrogens (primary N) is 1. The summed E-state index contributed by atoms with van der Waals surface area (Å²) in [6, 6.07) is 3.73. The van der Waals surface area contributed by atoms with Crippen LogP contribution in [0, 0.1) is 0 Å². The minimum Gasteiger partial charge on any atom is -0.490 e. The van der Waals surface area contributed by atoms with Crippen molar-refractivity contribution in [3.63, 3.8) is 0 Å². The van der Waals surface area contributed by atoms with Crippen LogP contribution in [0.3, 0.4) is 0 Å². The molecule has 1 aromatic carbocycles. The second kappa shape index (κ2) is 4.07. The smallest absolute Gasteiger partial charge is 0.180 e. The van der Waals surface area contributed by atoms with Gasteiger partial charge in [-0.05, 0) is 11.6 Å². The van der Waals surface area contributed by atoms with E-state index in [1.165, 1.54) is 0 Å². The fraction of sp³-hybridized carbons (Fsp3) is 0.400. The molecule has 76 valence electrons. The topological polar surface area (TPSA) is 44.5 Å². The fourth-order valence-corrected chi connectivity index (χ4v) is 1.69. The molecule has 0 bridgehead atoms. The average Bonchev–Trinajstić information content (AvgIpc) is 2.44. The second-order valence-corrected chi connectivity index (χ2v) is 3.50. The van der Waals surface area contributed by atoms with E-state index in [4.69, 9.17) is 26.8 Å². The van der Waals surface area contributed by atoms with Gasteiger partial charge in [-0.25, -0.2) is 0 Å². The van der Waals surface area contributed by atoms with E-state index < -0.39 is 0 Å². The first-order chi connectivity index (χ1) is 6.83. The van der Waals surface area contributed by atoms with Gasteiger partial charge in [0.15, 0.2) is 11.5 Å². The molecule has 2 rings (SSSR count). The van der Waals surface area contributed by atoms with E-state index in [1.807, 2.05) is 12.1 Å². The zero-order valence-electron chi connectivity index (χ0n) is 7.75. The lowest BCUT2D eigenvalue weighted by atomic mass is 10.2. The Kier molecular flexibility index (Phi) is 2.79. The molecule has 0 aliphatic carbocycles. The van der Waals surface area contributed by atoms with E-state index in [0.717, 1.165) is 12.0 Å². The predicted molar refractivity (Wildman–Crippen MR) is 55.0 cm³/mol. The fourth-order valence-electron chi connectivity index (χ4n) is 1.40. The Morgan fingerprint density at radius 2 is 2.07 bits per heavy atom. The van der Waals surface area contributed by atoms with E-state index in [0.29, 0.717) is 36.3 Å². The highest BCUT2D eigenvalue weighted by atomic mass is 35.5. The van der Waals surface area contributed by atoms with Gasteiger partial charge in [0.2, 0.25) is 0 Å². The SMILES string of the molecule is NCc1ccc2c(c1Cl)OCCCO2. The Bertz CT molecular complexity index is 341. The molecular formula is C10H12ClNO2. The van der Waals surface area contributed by atoms with Gasteiger partial charge in [-0.2, -0.15) is 0 Å². The Labute approximate surface area is 87.8 Å². The average molecular weight is 214 g/mol. The van der Waals surface area contributed by atoms with E-state index in [2.05, 4.69) is 0 Å². The highest BCUT2D eigenvalue weighted by Gasteiger charge is 2.15. The third kappa shape index (κ3) is 1.65. The van der Waals surface area contributed by atoms with Crippen molar-refractivity contribution in [1.82, 2.24) is 0 Å². The molecule has 3 nitrogen and oxygen atoms in total. The van der Waals surface area contributed by atoms with Gasteiger partial charge >= 0.3 is 0 Å². The first-order valence-electron chi connectivity index (χ1n) is 4.60. The molecule has 0 amide bonds. The molecule has 0 fully saturated rings. The third-order valence-corrected chi connectivity index (χ3v) is 2.57. The third-order valence-electron chi connectivity index (χ3n) is 2.15. The molecule has 0 atom stereocenters. The standard InChI is InChI=1S/C10H12ClNO2/c11-9-7(6-12)2-3-8-10(9)14-5-1-4-13-8/h2-3H,1,4-6,12H2. The maximum absolute atomic E-state index is 6.11. The quantitative estimate of drug-likeness (QED) is 0.776. The van der Waals surface area contributed by atoms with Crippen LogP contribution in [0.25, 0.3) is 0 Å². The summed E-state index contributed by atoms with van der Waals surface area (Å²) in [4.78, 5) is 0. The summed E-state index contributed by atoms with van der Waals surface area (Å²) in [7, 11) is 0. The van der Waals surface area contributed by atoms with Crippen LogP contribution in [0.4, 0.5) is 0 Å². The summed E-state index contributed by atoms with van der Waals surface area (Å²) in [5, 5.41) is 0.576. The van der Waals surface area contributed by atoms with Crippen LogP contribution < -0.4 is 15.2 Å². The van der Waals surface area contributed by atoms with Gasteiger partial charge in [-0.1, -0.05) is 17.7 Å². The van der Waals surface area contributed by atoms with Crippen LogP contribution >= 0.6 is 11.6 Å². The molecule has 0 unspecified atom stereocenters. The van der Waals surface area contributed by atoms with Crippen LogP contribution in [0.15, 0.2) is 12.1 Å². The Balaban J connectivity index is 2.44. The predicted octanol–water partition coefficient (Wildman–Crippen LogP) is 1.96. The number of fused-ring (bicyclic) bond motifs is 1. The number of hydrogen-bond donors (Lipinski definition) is 1. The van der Waals surface area contributed by atoms with Gasteiger partial charge in [0, 0.05) is 13.0 Å². The van der Waals surface area contributed by atoms with Gasteiger partial charge in [-0.15, -0.1) is 0 Å². The lowest BCUT2D eigenvalue weighted by molar-refractivity contribution is 0.297. The molecule has 0 saturated carbocycles. The van der Waals surface area contributed by atoms with Crippen LogP contribution in [-0.2, 0) is 6.54 Å².